The van der Waals surface area contributed by atoms with Gasteiger partial charge in [0.2, 0.25) is 0 Å². The lowest BCUT2D eigenvalue weighted by atomic mass is 9.80. The van der Waals surface area contributed by atoms with Gasteiger partial charge in [0.05, 0.1) is 18.3 Å². The normalized spacial score (nSPS) is 21.0. The van der Waals surface area contributed by atoms with Crippen molar-refractivity contribution in [3.8, 4) is 0 Å². The number of hydrogen-bond donors (Lipinski definition) is 2. The van der Waals surface area contributed by atoms with Crippen molar-refractivity contribution < 1.29 is 14.6 Å². The standard InChI is InChI=1S/C11H23NO3/c1-3-15-8-10(13)7-12-9-11(14-2)5-4-6-11/h10,12-13H,3-9H2,1-2H3. The van der Waals surface area contributed by atoms with Gasteiger partial charge in [-0.1, -0.05) is 0 Å². The molecule has 1 saturated carbocycles. The molecule has 0 aromatic rings. The van der Waals surface area contributed by atoms with Gasteiger partial charge >= 0.3 is 0 Å². The Morgan fingerprint density at radius 1 is 1.47 bits per heavy atom. The molecule has 0 radical (unpaired) electrons. The quantitative estimate of drug-likeness (QED) is 0.623. The first-order valence-electron chi connectivity index (χ1n) is 5.74. The molecule has 1 unspecified atom stereocenters. The average molecular weight is 217 g/mol. The van der Waals surface area contributed by atoms with Crippen molar-refractivity contribution in [3.05, 3.63) is 0 Å². The van der Waals surface area contributed by atoms with Crippen LogP contribution in [0, 0.1) is 0 Å². The molecular formula is C11H23NO3. The third kappa shape index (κ3) is 4.07. The Hall–Kier alpha value is -0.160. The number of ether oxygens (including phenoxy) is 2. The number of aliphatic hydroxyl groups is 1. The molecule has 0 saturated heterocycles. The van der Waals surface area contributed by atoms with E-state index in [-0.39, 0.29) is 5.60 Å². The lowest BCUT2D eigenvalue weighted by Gasteiger charge is -2.40. The van der Waals surface area contributed by atoms with Crippen molar-refractivity contribution in [3.63, 3.8) is 0 Å². The summed E-state index contributed by atoms with van der Waals surface area (Å²) in [4.78, 5) is 0. The third-order valence-electron chi connectivity index (χ3n) is 3.04. The van der Waals surface area contributed by atoms with E-state index in [1.807, 2.05) is 6.92 Å². The van der Waals surface area contributed by atoms with Crippen molar-refractivity contribution in [1.29, 1.82) is 0 Å². The van der Waals surface area contributed by atoms with Crippen molar-refractivity contribution in [1.82, 2.24) is 5.32 Å². The number of hydrogen-bond acceptors (Lipinski definition) is 4. The van der Waals surface area contributed by atoms with Gasteiger partial charge in [-0.05, 0) is 26.2 Å². The minimum atomic E-state index is -0.418. The Labute approximate surface area is 92.0 Å². The lowest BCUT2D eigenvalue weighted by Crippen LogP contribution is -2.49. The minimum absolute atomic E-state index is 0.0331. The summed E-state index contributed by atoms with van der Waals surface area (Å²) in [6.07, 6.45) is 3.08. The Balaban J connectivity index is 2.04. The SMILES string of the molecule is CCOCC(O)CNCC1(OC)CCC1. The van der Waals surface area contributed by atoms with Gasteiger partial charge in [0.15, 0.2) is 0 Å². The lowest BCUT2D eigenvalue weighted by molar-refractivity contribution is -0.0711. The van der Waals surface area contributed by atoms with Crippen LogP contribution >= 0.6 is 0 Å². The monoisotopic (exact) mass is 217 g/mol. The van der Waals surface area contributed by atoms with Gasteiger partial charge in [0.25, 0.3) is 0 Å². The van der Waals surface area contributed by atoms with Crippen LogP contribution in [0.5, 0.6) is 0 Å². The van der Waals surface area contributed by atoms with Crippen molar-refractivity contribution in [2.24, 2.45) is 0 Å². The summed E-state index contributed by atoms with van der Waals surface area (Å²) >= 11 is 0. The molecule has 4 nitrogen and oxygen atoms in total. The molecule has 0 amide bonds. The predicted molar refractivity (Wildman–Crippen MR) is 59.0 cm³/mol. The van der Waals surface area contributed by atoms with Crippen LogP contribution < -0.4 is 5.32 Å². The zero-order valence-electron chi connectivity index (χ0n) is 9.79. The van der Waals surface area contributed by atoms with Crippen molar-refractivity contribution in [2.45, 2.75) is 37.9 Å². The smallest absolute Gasteiger partial charge is 0.0897 e. The highest BCUT2D eigenvalue weighted by Crippen LogP contribution is 2.34. The van der Waals surface area contributed by atoms with Crippen molar-refractivity contribution in [2.75, 3.05) is 33.4 Å². The fourth-order valence-electron chi connectivity index (χ4n) is 1.80. The van der Waals surface area contributed by atoms with Crippen LogP contribution in [0.1, 0.15) is 26.2 Å². The van der Waals surface area contributed by atoms with Gasteiger partial charge in [-0.15, -0.1) is 0 Å². The number of aliphatic hydroxyl groups excluding tert-OH is 1. The Kier molecular flexibility index (Phi) is 5.53. The molecule has 2 N–H and O–H groups in total. The summed E-state index contributed by atoms with van der Waals surface area (Å²) in [7, 11) is 1.76. The van der Waals surface area contributed by atoms with Crippen LogP contribution in [-0.4, -0.2) is 50.2 Å². The molecule has 4 heteroatoms. The fraction of sp³-hybridized carbons (Fsp3) is 1.00. The van der Waals surface area contributed by atoms with E-state index in [0.717, 1.165) is 19.4 Å². The highest BCUT2D eigenvalue weighted by atomic mass is 16.5. The summed E-state index contributed by atoms with van der Waals surface area (Å²) < 4.78 is 10.6. The molecule has 0 bridgehead atoms. The number of methoxy groups -OCH3 is 1. The highest BCUT2D eigenvalue weighted by Gasteiger charge is 2.36. The molecule has 1 aliphatic carbocycles. The van der Waals surface area contributed by atoms with E-state index < -0.39 is 6.10 Å². The molecule has 0 heterocycles. The average Bonchev–Trinajstić information content (AvgIpc) is 2.19. The van der Waals surface area contributed by atoms with Crippen LogP contribution in [-0.2, 0) is 9.47 Å². The molecule has 15 heavy (non-hydrogen) atoms. The Bertz CT molecular complexity index is 166. The molecule has 1 rings (SSSR count). The molecule has 90 valence electrons. The van der Waals surface area contributed by atoms with E-state index in [4.69, 9.17) is 9.47 Å². The maximum absolute atomic E-state index is 9.51. The van der Waals surface area contributed by atoms with Crippen LogP contribution in [0.4, 0.5) is 0 Å². The Morgan fingerprint density at radius 3 is 2.67 bits per heavy atom. The van der Waals surface area contributed by atoms with E-state index in [2.05, 4.69) is 5.32 Å². The highest BCUT2D eigenvalue weighted by molar-refractivity contribution is 4.91. The molecule has 0 aliphatic heterocycles. The van der Waals surface area contributed by atoms with Gasteiger partial charge in [-0.2, -0.15) is 0 Å². The summed E-state index contributed by atoms with van der Waals surface area (Å²) in [6.45, 7) is 4.38. The maximum Gasteiger partial charge on any atom is 0.0897 e. The fourth-order valence-corrected chi connectivity index (χ4v) is 1.80. The van der Waals surface area contributed by atoms with Gasteiger partial charge in [-0.25, -0.2) is 0 Å². The first-order chi connectivity index (χ1) is 7.22. The summed E-state index contributed by atoms with van der Waals surface area (Å²) in [5.41, 5.74) is 0.0331. The number of nitrogens with one attached hydrogen (secondary N) is 1. The third-order valence-corrected chi connectivity index (χ3v) is 3.04. The second kappa shape index (κ2) is 6.43. The van der Waals surface area contributed by atoms with Gasteiger partial charge in [-0.3, -0.25) is 0 Å². The van der Waals surface area contributed by atoms with E-state index in [1.54, 1.807) is 7.11 Å². The molecule has 1 aliphatic rings. The van der Waals surface area contributed by atoms with Gasteiger partial charge in [0.1, 0.15) is 0 Å². The molecule has 0 aromatic heterocycles. The number of rotatable bonds is 8. The minimum Gasteiger partial charge on any atom is -0.389 e. The molecule has 1 atom stereocenters. The largest absolute Gasteiger partial charge is 0.389 e. The second-order valence-corrected chi connectivity index (χ2v) is 4.18. The molecule has 0 spiro atoms. The van der Waals surface area contributed by atoms with E-state index >= 15 is 0 Å². The molecular weight excluding hydrogens is 194 g/mol. The molecule has 0 aromatic carbocycles. The van der Waals surface area contributed by atoms with E-state index in [1.165, 1.54) is 6.42 Å². The zero-order chi connectivity index (χ0) is 11.1. The van der Waals surface area contributed by atoms with Crippen molar-refractivity contribution >= 4 is 0 Å². The Morgan fingerprint density at radius 2 is 2.20 bits per heavy atom. The topological polar surface area (TPSA) is 50.7 Å². The summed E-state index contributed by atoms with van der Waals surface area (Å²) in [5.74, 6) is 0. The van der Waals surface area contributed by atoms with E-state index in [9.17, 15) is 5.11 Å². The maximum atomic E-state index is 9.51. The zero-order valence-corrected chi connectivity index (χ0v) is 9.79. The van der Waals surface area contributed by atoms with Crippen LogP contribution in [0.25, 0.3) is 0 Å². The van der Waals surface area contributed by atoms with Crippen LogP contribution in [0.15, 0.2) is 0 Å². The first-order valence-corrected chi connectivity index (χ1v) is 5.74. The van der Waals surface area contributed by atoms with Crippen LogP contribution in [0.2, 0.25) is 0 Å². The molecule has 1 fully saturated rings. The first kappa shape index (κ1) is 12.9. The van der Waals surface area contributed by atoms with E-state index in [0.29, 0.717) is 19.8 Å². The summed E-state index contributed by atoms with van der Waals surface area (Å²) in [6, 6.07) is 0. The predicted octanol–water partition coefficient (Wildman–Crippen LogP) is 0.542. The van der Waals surface area contributed by atoms with Gasteiger partial charge < -0.3 is 19.9 Å². The van der Waals surface area contributed by atoms with Crippen LogP contribution in [0.3, 0.4) is 0 Å². The summed E-state index contributed by atoms with van der Waals surface area (Å²) in [5, 5.41) is 12.7. The second-order valence-electron chi connectivity index (χ2n) is 4.18. The van der Waals surface area contributed by atoms with Gasteiger partial charge in [0, 0.05) is 26.8 Å².